The summed E-state index contributed by atoms with van der Waals surface area (Å²) in [6.45, 7) is 3.59. The quantitative estimate of drug-likeness (QED) is 0.781. The predicted molar refractivity (Wildman–Crippen MR) is 102 cm³/mol. The highest BCUT2D eigenvalue weighted by Gasteiger charge is 2.25. The Morgan fingerprint density at radius 1 is 1.15 bits per heavy atom. The number of rotatable bonds is 3. The molecule has 1 aliphatic heterocycles. The molecule has 134 valence electrons. The molecule has 0 atom stereocenters. The zero-order valence-electron chi connectivity index (χ0n) is 14.9. The van der Waals surface area contributed by atoms with Crippen LogP contribution in [0.5, 0.6) is 0 Å². The number of amides is 2. The first-order chi connectivity index (χ1) is 12.7. The Morgan fingerprint density at radius 3 is 2.65 bits per heavy atom. The molecule has 2 amide bonds. The number of benzene rings is 1. The lowest BCUT2D eigenvalue weighted by Gasteiger charge is -2.32. The van der Waals surface area contributed by atoms with E-state index in [2.05, 4.69) is 38.9 Å². The van der Waals surface area contributed by atoms with Gasteiger partial charge >= 0.3 is 6.03 Å². The highest BCUT2D eigenvalue weighted by Crippen LogP contribution is 2.26. The Kier molecular flexibility index (Phi) is 4.56. The SMILES string of the molecule is CCc1ccc(NC(=O)N2CCC(n3cnc4cccnc43)CC2)cc1. The van der Waals surface area contributed by atoms with E-state index in [0.717, 1.165) is 49.2 Å². The number of nitrogens with zero attached hydrogens (tertiary/aromatic N) is 4. The molecule has 0 radical (unpaired) electrons. The van der Waals surface area contributed by atoms with Crippen LogP contribution in [0.2, 0.25) is 0 Å². The van der Waals surface area contributed by atoms with Crippen LogP contribution in [0.4, 0.5) is 10.5 Å². The molecule has 6 nitrogen and oxygen atoms in total. The van der Waals surface area contributed by atoms with Gasteiger partial charge in [0.05, 0.1) is 6.33 Å². The number of anilines is 1. The summed E-state index contributed by atoms with van der Waals surface area (Å²) in [5.74, 6) is 0. The molecule has 0 unspecified atom stereocenters. The normalized spacial score (nSPS) is 15.3. The third-order valence-corrected chi connectivity index (χ3v) is 5.09. The summed E-state index contributed by atoms with van der Waals surface area (Å²) in [6.07, 6.45) is 6.48. The maximum Gasteiger partial charge on any atom is 0.321 e. The van der Waals surface area contributed by atoms with Gasteiger partial charge in [0.1, 0.15) is 5.52 Å². The van der Waals surface area contributed by atoms with Crippen LogP contribution < -0.4 is 5.32 Å². The highest BCUT2D eigenvalue weighted by molar-refractivity contribution is 5.89. The maximum atomic E-state index is 12.5. The standard InChI is InChI=1S/C20H23N5O/c1-2-15-5-7-16(8-6-15)23-20(26)24-12-9-17(10-13-24)25-14-22-18-4-3-11-21-19(18)25/h3-8,11,14,17H,2,9-10,12-13H2,1H3,(H,23,26). The fourth-order valence-corrected chi connectivity index (χ4v) is 3.51. The fraction of sp³-hybridized carbons (Fsp3) is 0.350. The smallest absolute Gasteiger partial charge is 0.321 e. The molecule has 1 N–H and O–H groups in total. The van der Waals surface area contributed by atoms with Gasteiger partial charge in [-0.1, -0.05) is 19.1 Å². The van der Waals surface area contributed by atoms with Crippen molar-refractivity contribution in [3.8, 4) is 0 Å². The molecule has 26 heavy (non-hydrogen) atoms. The average Bonchev–Trinajstić information content (AvgIpc) is 3.13. The van der Waals surface area contributed by atoms with Gasteiger partial charge in [0.25, 0.3) is 0 Å². The second kappa shape index (κ2) is 7.15. The number of fused-ring (bicyclic) bond motifs is 1. The Balaban J connectivity index is 1.37. The van der Waals surface area contributed by atoms with E-state index in [1.165, 1.54) is 5.56 Å². The summed E-state index contributed by atoms with van der Waals surface area (Å²) in [5, 5.41) is 3.00. The Bertz CT molecular complexity index is 894. The van der Waals surface area contributed by atoms with Gasteiger partial charge in [-0.15, -0.1) is 0 Å². The molecule has 3 aromatic rings. The van der Waals surface area contributed by atoms with Crippen molar-refractivity contribution in [1.82, 2.24) is 19.4 Å². The Morgan fingerprint density at radius 2 is 1.92 bits per heavy atom. The number of aromatic nitrogens is 3. The van der Waals surface area contributed by atoms with Gasteiger partial charge in [0.15, 0.2) is 5.65 Å². The lowest BCUT2D eigenvalue weighted by molar-refractivity contribution is 0.184. The van der Waals surface area contributed by atoms with Crippen LogP contribution >= 0.6 is 0 Å². The molecule has 1 fully saturated rings. The molecule has 2 aromatic heterocycles. The van der Waals surface area contributed by atoms with Crippen molar-refractivity contribution in [2.24, 2.45) is 0 Å². The van der Waals surface area contributed by atoms with E-state index in [4.69, 9.17) is 0 Å². The number of piperidine rings is 1. The van der Waals surface area contributed by atoms with Gasteiger partial charge < -0.3 is 14.8 Å². The minimum atomic E-state index is -0.0266. The summed E-state index contributed by atoms with van der Waals surface area (Å²) in [4.78, 5) is 23.3. The van der Waals surface area contributed by atoms with Crippen molar-refractivity contribution in [1.29, 1.82) is 0 Å². The first-order valence-corrected chi connectivity index (χ1v) is 9.17. The number of hydrogen-bond donors (Lipinski definition) is 1. The van der Waals surface area contributed by atoms with E-state index < -0.39 is 0 Å². The summed E-state index contributed by atoms with van der Waals surface area (Å²) >= 11 is 0. The topological polar surface area (TPSA) is 63.1 Å². The van der Waals surface area contributed by atoms with Gasteiger partial charge in [-0.05, 0) is 49.1 Å². The number of carbonyl (C=O) groups excluding carboxylic acids is 1. The van der Waals surface area contributed by atoms with Gasteiger partial charge in [0, 0.05) is 31.0 Å². The number of pyridine rings is 1. The summed E-state index contributed by atoms with van der Waals surface area (Å²) in [6, 6.07) is 12.2. The predicted octanol–water partition coefficient (Wildman–Crippen LogP) is 3.86. The van der Waals surface area contributed by atoms with Crippen LogP contribution in [0.15, 0.2) is 48.9 Å². The molecule has 3 heterocycles. The zero-order valence-corrected chi connectivity index (χ0v) is 14.9. The minimum Gasteiger partial charge on any atom is -0.324 e. The zero-order chi connectivity index (χ0) is 17.9. The third kappa shape index (κ3) is 3.27. The Hall–Kier alpha value is -2.89. The van der Waals surface area contributed by atoms with Crippen molar-refractivity contribution in [2.75, 3.05) is 18.4 Å². The first-order valence-electron chi connectivity index (χ1n) is 9.17. The fourth-order valence-electron chi connectivity index (χ4n) is 3.51. The number of carbonyl (C=O) groups is 1. The monoisotopic (exact) mass is 349 g/mol. The average molecular weight is 349 g/mol. The second-order valence-corrected chi connectivity index (χ2v) is 6.70. The number of imidazole rings is 1. The van der Waals surface area contributed by atoms with Crippen molar-refractivity contribution < 1.29 is 4.79 Å². The number of likely N-dealkylation sites (tertiary alicyclic amines) is 1. The van der Waals surface area contributed by atoms with Crippen LogP contribution in [0.3, 0.4) is 0 Å². The molecule has 0 saturated carbocycles. The van der Waals surface area contributed by atoms with Crippen LogP contribution in [0.1, 0.15) is 31.4 Å². The summed E-state index contributed by atoms with van der Waals surface area (Å²) in [7, 11) is 0. The number of urea groups is 1. The van der Waals surface area contributed by atoms with E-state index in [1.54, 1.807) is 6.20 Å². The van der Waals surface area contributed by atoms with E-state index in [-0.39, 0.29) is 6.03 Å². The van der Waals surface area contributed by atoms with Crippen molar-refractivity contribution in [2.45, 2.75) is 32.2 Å². The van der Waals surface area contributed by atoms with Crippen LogP contribution in [0, 0.1) is 0 Å². The number of aryl methyl sites for hydroxylation is 1. The van der Waals surface area contributed by atoms with Crippen LogP contribution in [-0.4, -0.2) is 38.6 Å². The second-order valence-electron chi connectivity index (χ2n) is 6.70. The first kappa shape index (κ1) is 16.6. The largest absolute Gasteiger partial charge is 0.324 e. The number of nitrogens with one attached hydrogen (secondary N) is 1. The highest BCUT2D eigenvalue weighted by atomic mass is 16.2. The van der Waals surface area contributed by atoms with Crippen molar-refractivity contribution >= 4 is 22.9 Å². The molecule has 1 aliphatic rings. The molecule has 4 rings (SSSR count). The summed E-state index contributed by atoms with van der Waals surface area (Å²) in [5.41, 5.74) is 3.96. The lowest BCUT2D eigenvalue weighted by Crippen LogP contribution is -2.41. The number of hydrogen-bond acceptors (Lipinski definition) is 3. The van der Waals surface area contributed by atoms with Gasteiger partial charge in [-0.2, -0.15) is 0 Å². The molecule has 0 aliphatic carbocycles. The van der Waals surface area contributed by atoms with Crippen LogP contribution in [0.25, 0.3) is 11.2 Å². The van der Waals surface area contributed by atoms with Gasteiger partial charge in [-0.25, -0.2) is 14.8 Å². The Labute approximate surface area is 152 Å². The van der Waals surface area contributed by atoms with E-state index >= 15 is 0 Å². The third-order valence-electron chi connectivity index (χ3n) is 5.09. The van der Waals surface area contributed by atoms with E-state index in [0.29, 0.717) is 6.04 Å². The van der Waals surface area contributed by atoms with Gasteiger partial charge in [0.2, 0.25) is 0 Å². The molecule has 0 bridgehead atoms. The van der Waals surface area contributed by atoms with E-state index in [1.807, 2.05) is 35.5 Å². The van der Waals surface area contributed by atoms with E-state index in [9.17, 15) is 4.79 Å². The molecular weight excluding hydrogens is 326 g/mol. The maximum absolute atomic E-state index is 12.5. The lowest BCUT2D eigenvalue weighted by atomic mass is 10.1. The minimum absolute atomic E-state index is 0.0266. The molecule has 1 aromatic carbocycles. The molecule has 1 saturated heterocycles. The molecule has 6 heteroatoms. The molecule has 0 spiro atoms. The van der Waals surface area contributed by atoms with Crippen molar-refractivity contribution in [3.63, 3.8) is 0 Å². The van der Waals surface area contributed by atoms with Crippen molar-refractivity contribution in [3.05, 3.63) is 54.5 Å². The summed E-state index contributed by atoms with van der Waals surface area (Å²) < 4.78 is 2.15. The van der Waals surface area contributed by atoms with Crippen LogP contribution in [-0.2, 0) is 6.42 Å². The van der Waals surface area contributed by atoms with Gasteiger partial charge in [-0.3, -0.25) is 0 Å². The molecular formula is C20H23N5O.